The normalized spacial score (nSPS) is 26.0. The van der Waals surface area contributed by atoms with Crippen LogP contribution in [0.3, 0.4) is 0 Å². The lowest BCUT2D eigenvalue weighted by atomic mass is 9.72. The number of nitrogens with one attached hydrogen (secondary N) is 1. The molecule has 0 amide bonds. The summed E-state index contributed by atoms with van der Waals surface area (Å²) in [7, 11) is 1.22. The Labute approximate surface area is 130 Å². The van der Waals surface area contributed by atoms with Crippen molar-refractivity contribution in [2.45, 2.75) is 69.2 Å². The van der Waals surface area contributed by atoms with E-state index in [1.54, 1.807) is 0 Å². The van der Waals surface area contributed by atoms with Crippen molar-refractivity contribution in [3.63, 3.8) is 0 Å². The van der Waals surface area contributed by atoms with Crippen molar-refractivity contribution >= 4 is 9.84 Å². The summed E-state index contributed by atoms with van der Waals surface area (Å²) < 4.78 is 23.8. The molecule has 0 aromatic carbocycles. The molecule has 3 unspecified atom stereocenters. The molecule has 3 N–H and O–H groups in total. The summed E-state index contributed by atoms with van der Waals surface area (Å²) in [5.41, 5.74) is 3.00. The van der Waals surface area contributed by atoms with Crippen LogP contribution in [0, 0.1) is 5.92 Å². The van der Waals surface area contributed by atoms with E-state index in [2.05, 4.69) is 38.3 Å². The zero-order chi connectivity index (χ0) is 16.3. The molecule has 0 spiro atoms. The lowest BCUT2D eigenvalue weighted by Gasteiger charge is -2.49. The van der Waals surface area contributed by atoms with Gasteiger partial charge in [0.1, 0.15) is 9.84 Å². The van der Waals surface area contributed by atoms with Gasteiger partial charge in [0.15, 0.2) is 0 Å². The first-order chi connectivity index (χ1) is 9.72. The number of nitrogens with two attached hydrogens (primary N) is 1. The van der Waals surface area contributed by atoms with Gasteiger partial charge in [-0.25, -0.2) is 8.42 Å². The lowest BCUT2D eigenvalue weighted by Crippen LogP contribution is -2.63. The Bertz CT molecular complexity index is 419. The predicted octanol–water partition coefficient (Wildman–Crippen LogP) is 1.54. The van der Waals surface area contributed by atoms with E-state index in [-0.39, 0.29) is 16.8 Å². The Morgan fingerprint density at radius 3 is 2.24 bits per heavy atom. The Kier molecular flexibility index (Phi) is 6.65. The van der Waals surface area contributed by atoms with Gasteiger partial charge in [-0.1, -0.05) is 20.3 Å². The Balaban J connectivity index is 3.03. The third kappa shape index (κ3) is 3.97. The number of hydrazine groups is 1. The van der Waals surface area contributed by atoms with Crippen molar-refractivity contribution in [3.05, 3.63) is 0 Å². The molecule has 21 heavy (non-hydrogen) atoms. The Morgan fingerprint density at radius 1 is 1.29 bits per heavy atom. The first kappa shape index (κ1) is 18.9. The molecule has 0 bridgehead atoms. The number of likely N-dealkylation sites (N-methyl/N-ethyl adjacent to an activating group) is 1. The van der Waals surface area contributed by atoms with Gasteiger partial charge in [-0.05, 0) is 52.1 Å². The van der Waals surface area contributed by atoms with E-state index >= 15 is 0 Å². The van der Waals surface area contributed by atoms with E-state index < -0.39 is 9.84 Å². The average Bonchev–Trinajstić information content (AvgIpc) is 2.43. The number of hydrogen-bond acceptors (Lipinski definition) is 5. The van der Waals surface area contributed by atoms with Crippen LogP contribution in [0.1, 0.15) is 52.4 Å². The maximum absolute atomic E-state index is 11.9. The van der Waals surface area contributed by atoms with Crippen LogP contribution in [0.15, 0.2) is 0 Å². The monoisotopic (exact) mass is 319 g/mol. The van der Waals surface area contributed by atoms with Crippen molar-refractivity contribution in [2.75, 3.05) is 20.4 Å². The van der Waals surface area contributed by atoms with E-state index in [0.29, 0.717) is 5.92 Å². The summed E-state index contributed by atoms with van der Waals surface area (Å²) >= 11 is 0. The zero-order valence-corrected chi connectivity index (χ0v) is 15.0. The third-order valence-corrected chi connectivity index (χ3v) is 7.26. The highest BCUT2D eigenvalue weighted by Gasteiger charge is 2.44. The maximum Gasteiger partial charge on any atom is 0.150 e. The van der Waals surface area contributed by atoms with Crippen molar-refractivity contribution < 1.29 is 8.42 Å². The molecule has 0 radical (unpaired) electrons. The number of rotatable bonds is 7. The fourth-order valence-corrected chi connectivity index (χ4v) is 5.39. The molecule has 6 heteroatoms. The van der Waals surface area contributed by atoms with Crippen LogP contribution in [0.25, 0.3) is 0 Å². The van der Waals surface area contributed by atoms with E-state index in [4.69, 9.17) is 5.84 Å². The maximum atomic E-state index is 11.9. The van der Waals surface area contributed by atoms with Crippen molar-refractivity contribution in [1.29, 1.82) is 0 Å². The smallest absolute Gasteiger partial charge is 0.150 e. The summed E-state index contributed by atoms with van der Waals surface area (Å²) in [6.07, 6.45) is 6.89. The van der Waals surface area contributed by atoms with Gasteiger partial charge < -0.3 is 4.90 Å². The average molecular weight is 320 g/mol. The molecule has 0 aromatic rings. The van der Waals surface area contributed by atoms with Crippen molar-refractivity contribution in [3.8, 4) is 0 Å². The molecule has 5 nitrogen and oxygen atoms in total. The first-order valence-electron chi connectivity index (χ1n) is 8.05. The molecule has 1 aliphatic carbocycles. The quantitative estimate of drug-likeness (QED) is 0.550. The largest absolute Gasteiger partial charge is 0.302 e. The molecule has 1 saturated carbocycles. The molecular formula is C15H33N3O2S. The second-order valence-electron chi connectivity index (χ2n) is 6.73. The molecule has 0 heterocycles. The Hall–Kier alpha value is -0.170. The summed E-state index contributed by atoms with van der Waals surface area (Å²) in [6.45, 7) is 4.37. The highest BCUT2D eigenvalue weighted by atomic mass is 32.2. The predicted molar refractivity (Wildman–Crippen MR) is 88.7 cm³/mol. The molecule has 1 aliphatic rings. The van der Waals surface area contributed by atoms with Gasteiger partial charge in [0.25, 0.3) is 0 Å². The van der Waals surface area contributed by atoms with E-state index in [9.17, 15) is 8.42 Å². The minimum Gasteiger partial charge on any atom is -0.302 e. The minimum atomic E-state index is -2.96. The van der Waals surface area contributed by atoms with Gasteiger partial charge in [-0.2, -0.15) is 0 Å². The zero-order valence-electron chi connectivity index (χ0n) is 14.2. The lowest BCUT2D eigenvalue weighted by molar-refractivity contribution is 0.0488. The highest BCUT2D eigenvalue weighted by Crippen LogP contribution is 2.38. The summed E-state index contributed by atoms with van der Waals surface area (Å²) in [4.78, 5) is 2.25. The van der Waals surface area contributed by atoms with Crippen LogP contribution < -0.4 is 11.3 Å². The van der Waals surface area contributed by atoms with Crippen LogP contribution in [0.4, 0.5) is 0 Å². The topological polar surface area (TPSA) is 75.4 Å². The van der Waals surface area contributed by atoms with Gasteiger partial charge >= 0.3 is 0 Å². The SMILES string of the molecule is CCC(CC)(C(NN)C1CCCC(S(C)(=O)=O)C1)N(C)C. The van der Waals surface area contributed by atoms with Crippen molar-refractivity contribution in [2.24, 2.45) is 11.8 Å². The van der Waals surface area contributed by atoms with Crippen LogP contribution in [0.2, 0.25) is 0 Å². The highest BCUT2D eigenvalue weighted by molar-refractivity contribution is 7.91. The third-order valence-electron chi connectivity index (χ3n) is 5.62. The molecule has 0 aromatic heterocycles. The first-order valence-corrected chi connectivity index (χ1v) is 10.0. The summed E-state index contributed by atoms with van der Waals surface area (Å²) in [5, 5.41) is -0.208. The second-order valence-corrected chi connectivity index (χ2v) is 9.05. The van der Waals surface area contributed by atoms with Gasteiger partial charge in [-0.15, -0.1) is 0 Å². The van der Waals surface area contributed by atoms with Gasteiger partial charge in [0.2, 0.25) is 0 Å². The van der Waals surface area contributed by atoms with Gasteiger partial charge in [-0.3, -0.25) is 11.3 Å². The van der Waals surface area contributed by atoms with Crippen LogP contribution in [-0.2, 0) is 9.84 Å². The van der Waals surface area contributed by atoms with Gasteiger partial charge in [0.05, 0.1) is 5.25 Å². The van der Waals surface area contributed by atoms with Crippen LogP contribution in [0.5, 0.6) is 0 Å². The van der Waals surface area contributed by atoms with E-state index in [1.165, 1.54) is 6.26 Å². The fraction of sp³-hybridized carbons (Fsp3) is 1.00. The van der Waals surface area contributed by atoms with Crippen LogP contribution in [-0.4, -0.2) is 50.5 Å². The van der Waals surface area contributed by atoms with Gasteiger partial charge in [0, 0.05) is 17.8 Å². The van der Waals surface area contributed by atoms with E-state index in [0.717, 1.165) is 38.5 Å². The molecule has 1 fully saturated rings. The molecule has 0 saturated heterocycles. The van der Waals surface area contributed by atoms with Crippen LogP contribution >= 0.6 is 0 Å². The number of sulfone groups is 1. The molecular weight excluding hydrogens is 286 g/mol. The Morgan fingerprint density at radius 2 is 1.86 bits per heavy atom. The number of hydrogen-bond donors (Lipinski definition) is 2. The van der Waals surface area contributed by atoms with Crippen molar-refractivity contribution in [1.82, 2.24) is 10.3 Å². The second kappa shape index (κ2) is 7.40. The standard InChI is InChI=1S/C15H33N3O2S/c1-6-15(7-2,18(3)4)14(17-16)12-9-8-10-13(11-12)21(5,19)20/h12-14,17H,6-11,16H2,1-5H3. The molecule has 126 valence electrons. The summed E-state index contributed by atoms with van der Waals surface area (Å²) in [6, 6.07) is 0.118. The number of nitrogens with zero attached hydrogens (tertiary/aromatic N) is 1. The molecule has 3 atom stereocenters. The molecule has 0 aliphatic heterocycles. The molecule has 1 rings (SSSR count). The summed E-state index contributed by atoms with van der Waals surface area (Å²) in [5.74, 6) is 6.22. The van der Waals surface area contributed by atoms with E-state index in [1.807, 2.05) is 0 Å². The fourth-order valence-electron chi connectivity index (χ4n) is 4.20. The minimum absolute atomic E-state index is 0.0290.